The maximum absolute atomic E-state index is 14.6. The minimum Gasteiger partial charge on any atom is -0.465 e. The molecule has 0 saturated heterocycles. The Kier molecular flexibility index (Phi) is 21.3. The highest BCUT2D eigenvalue weighted by atomic mass is 31.2. The van der Waals surface area contributed by atoms with Crippen LogP contribution in [-0.4, -0.2) is 18.6 Å². The number of ether oxygens (including phenoxy) is 1. The molecule has 3 rings (SSSR count). The van der Waals surface area contributed by atoms with Crippen molar-refractivity contribution in [2.75, 3.05) is 6.61 Å². The Morgan fingerprint density at radius 1 is 0.574 bits per heavy atom. The summed E-state index contributed by atoms with van der Waals surface area (Å²) in [5.74, 6) is -14.5. The van der Waals surface area contributed by atoms with Crippen LogP contribution in [0.25, 0.3) is 0 Å². The molecular formula is C42H57F5NO5P. The van der Waals surface area contributed by atoms with Gasteiger partial charge in [0.25, 0.3) is 0 Å². The Morgan fingerprint density at radius 2 is 0.981 bits per heavy atom. The molecular weight excluding hydrogens is 724 g/mol. The highest BCUT2D eigenvalue weighted by molar-refractivity contribution is 7.52. The summed E-state index contributed by atoms with van der Waals surface area (Å²) in [6.45, 7) is 2.31. The van der Waals surface area contributed by atoms with E-state index in [1.165, 1.54) is 114 Å². The van der Waals surface area contributed by atoms with Gasteiger partial charge in [0.1, 0.15) is 11.8 Å². The molecule has 0 aromatic heterocycles. The zero-order chi connectivity index (χ0) is 39.0. The lowest BCUT2D eigenvalue weighted by Crippen LogP contribution is -2.40. The molecule has 0 unspecified atom stereocenters. The van der Waals surface area contributed by atoms with Crippen LogP contribution in [-0.2, 0) is 20.5 Å². The SMILES string of the molecule is CCCCCCCCCCCCCCCCCCCCCOC(=O)[C@H](Cc1ccccc1)N[P@](=O)(Oc1ccccc1)Oc1c(F)c(F)c(F)c(F)c1F. The fraction of sp³-hybridized carbons (Fsp3) is 0.548. The van der Waals surface area contributed by atoms with E-state index < -0.39 is 54.6 Å². The van der Waals surface area contributed by atoms with Gasteiger partial charge in [0.15, 0.2) is 0 Å². The van der Waals surface area contributed by atoms with Crippen molar-refractivity contribution in [1.29, 1.82) is 0 Å². The number of unbranched alkanes of at least 4 members (excludes halogenated alkanes) is 18. The lowest BCUT2D eigenvalue weighted by Gasteiger charge is -2.25. The van der Waals surface area contributed by atoms with E-state index in [1.54, 1.807) is 36.4 Å². The predicted octanol–water partition coefficient (Wildman–Crippen LogP) is 13.1. The molecule has 0 fully saturated rings. The van der Waals surface area contributed by atoms with Crippen molar-refractivity contribution in [3.63, 3.8) is 0 Å². The normalized spacial score (nSPS) is 13.0. The van der Waals surface area contributed by atoms with Crippen molar-refractivity contribution in [2.45, 2.75) is 141 Å². The van der Waals surface area contributed by atoms with E-state index in [4.69, 9.17) is 13.8 Å². The van der Waals surface area contributed by atoms with Crippen molar-refractivity contribution in [1.82, 2.24) is 5.09 Å². The molecule has 0 heterocycles. The van der Waals surface area contributed by atoms with Crippen molar-refractivity contribution >= 4 is 13.7 Å². The van der Waals surface area contributed by atoms with Gasteiger partial charge in [-0.15, -0.1) is 0 Å². The Morgan fingerprint density at radius 3 is 1.44 bits per heavy atom. The number of carbonyl (C=O) groups is 1. The summed E-state index contributed by atoms with van der Waals surface area (Å²) in [5, 5.41) is 2.36. The first-order valence-electron chi connectivity index (χ1n) is 19.7. The molecule has 3 aromatic rings. The molecule has 0 aliphatic rings. The third kappa shape index (κ3) is 16.5. The summed E-state index contributed by atoms with van der Waals surface area (Å²) in [5.41, 5.74) is 0.595. The van der Waals surface area contributed by atoms with Gasteiger partial charge in [0.2, 0.25) is 34.8 Å². The zero-order valence-electron chi connectivity index (χ0n) is 31.6. The van der Waals surface area contributed by atoms with Crippen molar-refractivity contribution in [2.24, 2.45) is 0 Å². The largest absolute Gasteiger partial charge is 0.513 e. The van der Waals surface area contributed by atoms with Crippen LogP contribution in [0.3, 0.4) is 0 Å². The number of hydrogen-bond acceptors (Lipinski definition) is 5. The Labute approximate surface area is 318 Å². The molecule has 6 nitrogen and oxygen atoms in total. The molecule has 0 radical (unpaired) electrons. The Bertz CT molecular complexity index is 1520. The molecule has 0 spiro atoms. The van der Waals surface area contributed by atoms with Crippen LogP contribution in [0.5, 0.6) is 11.5 Å². The highest BCUT2D eigenvalue weighted by Gasteiger charge is 2.39. The van der Waals surface area contributed by atoms with Crippen molar-refractivity contribution in [3.05, 3.63) is 95.3 Å². The Balaban J connectivity index is 1.46. The molecule has 3 aromatic carbocycles. The molecule has 0 bridgehead atoms. The van der Waals surface area contributed by atoms with Crippen molar-refractivity contribution in [3.8, 4) is 11.5 Å². The van der Waals surface area contributed by atoms with Crippen LogP contribution in [0.2, 0.25) is 0 Å². The molecule has 0 amide bonds. The first kappa shape index (κ1) is 45.0. The van der Waals surface area contributed by atoms with Gasteiger partial charge in [-0.3, -0.25) is 4.79 Å². The number of rotatable bonds is 29. The molecule has 12 heteroatoms. The van der Waals surface area contributed by atoms with Gasteiger partial charge in [-0.25, -0.2) is 17.7 Å². The highest BCUT2D eigenvalue weighted by Crippen LogP contribution is 2.48. The topological polar surface area (TPSA) is 73.9 Å². The van der Waals surface area contributed by atoms with E-state index in [9.17, 15) is 31.3 Å². The van der Waals surface area contributed by atoms with E-state index in [-0.39, 0.29) is 18.8 Å². The van der Waals surface area contributed by atoms with Crippen molar-refractivity contribution < 1.29 is 45.1 Å². The van der Waals surface area contributed by atoms with E-state index in [0.717, 1.165) is 25.7 Å². The quantitative estimate of drug-likeness (QED) is 0.0189. The molecule has 300 valence electrons. The summed E-state index contributed by atoms with van der Waals surface area (Å²) in [4.78, 5) is 13.4. The zero-order valence-corrected chi connectivity index (χ0v) is 32.5. The summed E-state index contributed by atoms with van der Waals surface area (Å²) in [6.07, 6.45) is 23.1. The van der Waals surface area contributed by atoms with E-state index >= 15 is 0 Å². The van der Waals surface area contributed by atoms with Crippen LogP contribution in [0.1, 0.15) is 134 Å². The maximum Gasteiger partial charge on any atom is 0.513 e. The van der Waals surface area contributed by atoms with Crippen LogP contribution in [0.15, 0.2) is 60.7 Å². The number of esters is 1. The second kappa shape index (κ2) is 25.6. The maximum atomic E-state index is 14.6. The Hall–Kier alpha value is -3.43. The average molecular weight is 782 g/mol. The summed E-state index contributed by atoms with van der Waals surface area (Å²) >= 11 is 0. The minimum atomic E-state index is -5.09. The molecule has 0 aliphatic carbocycles. The van der Waals surface area contributed by atoms with Gasteiger partial charge in [-0.2, -0.15) is 13.9 Å². The molecule has 54 heavy (non-hydrogen) atoms. The summed E-state index contributed by atoms with van der Waals surface area (Å²) in [7, 11) is -5.09. The van der Waals surface area contributed by atoms with E-state index in [1.807, 2.05) is 0 Å². The van der Waals surface area contributed by atoms with Crippen LogP contribution in [0.4, 0.5) is 22.0 Å². The monoisotopic (exact) mass is 781 g/mol. The number of hydrogen-bond donors (Lipinski definition) is 1. The van der Waals surface area contributed by atoms with E-state index in [2.05, 4.69) is 12.0 Å². The lowest BCUT2D eigenvalue weighted by atomic mass is 10.0. The molecule has 2 atom stereocenters. The molecule has 0 saturated carbocycles. The first-order chi connectivity index (χ1) is 26.1. The van der Waals surface area contributed by atoms with Gasteiger partial charge in [0.05, 0.1) is 6.61 Å². The number of carbonyl (C=O) groups excluding carboxylic acids is 1. The van der Waals surface area contributed by atoms with Crippen LogP contribution in [0, 0.1) is 29.1 Å². The van der Waals surface area contributed by atoms with Gasteiger partial charge < -0.3 is 13.8 Å². The predicted molar refractivity (Wildman–Crippen MR) is 203 cm³/mol. The van der Waals surface area contributed by atoms with Gasteiger partial charge in [-0.1, -0.05) is 171 Å². The smallest absolute Gasteiger partial charge is 0.465 e. The third-order valence-corrected chi connectivity index (χ3v) is 10.7. The number of nitrogens with one attached hydrogen (secondary N) is 1. The van der Waals surface area contributed by atoms with E-state index in [0.29, 0.717) is 12.0 Å². The minimum absolute atomic E-state index is 0.0625. The second-order valence-corrected chi connectivity index (χ2v) is 15.4. The number of para-hydroxylation sites is 1. The molecule has 1 N–H and O–H groups in total. The standard InChI is InChI=1S/C42H57F5NO5P/c1-2-3-4-5-6-7-8-9-10-11-12-13-14-15-16-17-18-19-26-31-51-42(49)35(32-33-27-22-20-23-28-33)48-54(50,52-34-29-24-21-25-30-34)53-41-39(46)37(44)36(43)38(45)40(41)47/h20-25,27-30,35H,2-19,26,31-32H2,1H3,(H,48,50)/t35-,54-/m0/s1. The van der Waals surface area contributed by atoms with Gasteiger partial charge >= 0.3 is 13.7 Å². The fourth-order valence-corrected chi connectivity index (χ4v) is 7.67. The average Bonchev–Trinajstić information content (AvgIpc) is 3.17. The summed E-state index contributed by atoms with van der Waals surface area (Å²) < 4.78 is 101. The fourth-order valence-electron chi connectivity index (χ4n) is 6.15. The third-order valence-electron chi connectivity index (χ3n) is 9.22. The first-order valence-corrected chi connectivity index (χ1v) is 21.2. The number of benzene rings is 3. The van der Waals surface area contributed by atoms with Gasteiger partial charge in [0, 0.05) is 0 Å². The lowest BCUT2D eigenvalue weighted by molar-refractivity contribution is -0.145. The van der Waals surface area contributed by atoms with Gasteiger partial charge in [-0.05, 0) is 30.5 Å². The second-order valence-electron chi connectivity index (χ2n) is 13.8. The number of halogens is 5. The van der Waals surface area contributed by atoms with Crippen LogP contribution >= 0.6 is 7.75 Å². The summed E-state index contributed by atoms with van der Waals surface area (Å²) in [6, 6.07) is 14.3. The molecule has 0 aliphatic heterocycles. The van der Waals surface area contributed by atoms with Crippen LogP contribution < -0.4 is 14.1 Å².